The smallest absolute Gasteiger partial charge is 0.180 e. The molecule has 1 aromatic heterocycles. The summed E-state index contributed by atoms with van der Waals surface area (Å²) < 4.78 is 5.85. The fourth-order valence-corrected chi connectivity index (χ4v) is 3.38. The van der Waals surface area contributed by atoms with Crippen LogP contribution in [-0.4, -0.2) is 29.6 Å². The molecule has 0 saturated carbocycles. The summed E-state index contributed by atoms with van der Waals surface area (Å²) in [5, 5.41) is 0.688. The molecule has 2 N–H and O–H groups in total. The lowest BCUT2D eigenvalue weighted by molar-refractivity contribution is 0.196. The first-order valence-electron chi connectivity index (χ1n) is 6.87. The third-order valence-corrected chi connectivity index (χ3v) is 4.50. The van der Waals surface area contributed by atoms with Crippen LogP contribution in [0.1, 0.15) is 16.1 Å². The molecule has 4 nitrogen and oxygen atoms in total. The molecular formula is C15H19N3OS. The maximum absolute atomic E-state index is 5.85. The minimum atomic E-state index is 0.688. The van der Waals surface area contributed by atoms with Crippen LogP contribution in [0.15, 0.2) is 24.3 Å². The van der Waals surface area contributed by atoms with Crippen LogP contribution in [-0.2, 0) is 13.0 Å². The number of aryl methyl sites for hydroxylation is 1. The van der Waals surface area contributed by atoms with Crippen LogP contribution in [0, 0.1) is 6.92 Å². The summed E-state index contributed by atoms with van der Waals surface area (Å²) in [5.41, 5.74) is 8.13. The van der Waals surface area contributed by atoms with Gasteiger partial charge in [-0.1, -0.05) is 18.2 Å². The highest BCUT2D eigenvalue weighted by Gasteiger charge is 2.19. The zero-order chi connectivity index (χ0) is 13.9. The van der Waals surface area contributed by atoms with E-state index in [1.807, 2.05) is 18.2 Å². The van der Waals surface area contributed by atoms with Gasteiger partial charge in [-0.2, -0.15) is 0 Å². The molecule has 0 bridgehead atoms. The van der Waals surface area contributed by atoms with E-state index in [2.05, 4.69) is 22.9 Å². The number of aromatic nitrogens is 1. The molecular weight excluding hydrogens is 270 g/mol. The van der Waals surface area contributed by atoms with Gasteiger partial charge in [0.25, 0.3) is 0 Å². The van der Waals surface area contributed by atoms with Crippen molar-refractivity contribution in [3.05, 3.63) is 40.4 Å². The minimum Gasteiger partial charge on any atom is -0.492 e. The topological polar surface area (TPSA) is 51.4 Å². The van der Waals surface area contributed by atoms with E-state index in [0.29, 0.717) is 11.7 Å². The average molecular weight is 289 g/mol. The fraction of sp³-hybridized carbons (Fsp3) is 0.400. The number of rotatable bonds is 4. The summed E-state index contributed by atoms with van der Waals surface area (Å²) in [4.78, 5) is 8.07. The van der Waals surface area contributed by atoms with Gasteiger partial charge in [-0.3, -0.25) is 4.90 Å². The third-order valence-electron chi connectivity index (χ3n) is 3.59. The van der Waals surface area contributed by atoms with Gasteiger partial charge in [0.05, 0.1) is 5.69 Å². The van der Waals surface area contributed by atoms with Crippen molar-refractivity contribution >= 4 is 16.5 Å². The number of nitrogens with zero attached hydrogens (tertiary/aromatic N) is 2. The summed E-state index contributed by atoms with van der Waals surface area (Å²) in [6, 6.07) is 8.13. The Morgan fingerprint density at radius 1 is 1.40 bits per heavy atom. The number of thiazole rings is 1. The van der Waals surface area contributed by atoms with Crippen molar-refractivity contribution in [2.45, 2.75) is 19.9 Å². The first-order valence-corrected chi connectivity index (χ1v) is 7.69. The molecule has 0 saturated heterocycles. The molecule has 1 aliphatic heterocycles. The van der Waals surface area contributed by atoms with Gasteiger partial charge in [0.2, 0.25) is 0 Å². The molecule has 2 heterocycles. The molecule has 20 heavy (non-hydrogen) atoms. The van der Waals surface area contributed by atoms with Crippen molar-refractivity contribution in [2.75, 3.05) is 25.4 Å². The molecule has 0 aliphatic carbocycles. The number of para-hydroxylation sites is 1. The number of benzene rings is 1. The molecule has 1 aromatic carbocycles. The standard InChI is InChI=1S/C15H19N3OS/c1-11-4-2-3-5-13(11)19-9-8-18-7-6-12-14(10-18)20-15(16)17-12/h2-5H,6-10H2,1H3,(H2,16,17). The van der Waals surface area contributed by atoms with Gasteiger partial charge in [0.1, 0.15) is 12.4 Å². The molecule has 3 rings (SSSR count). The Morgan fingerprint density at radius 2 is 2.25 bits per heavy atom. The lowest BCUT2D eigenvalue weighted by atomic mass is 10.2. The zero-order valence-electron chi connectivity index (χ0n) is 11.6. The molecule has 5 heteroatoms. The molecule has 106 valence electrons. The Kier molecular flexibility index (Phi) is 3.89. The lowest BCUT2D eigenvalue weighted by Gasteiger charge is -2.25. The van der Waals surface area contributed by atoms with Crippen molar-refractivity contribution in [3.8, 4) is 5.75 Å². The fourth-order valence-electron chi connectivity index (χ4n) is 2.46. The van der Waals surface area contributed by atoms with Crippen molar-refractivity contribution in [3.63, 3.8) is 0 Å². The lowest BCUT2D eigenvalue weighted by Crippen LogP contribution is -2.33. The van der Waals surface area contributed by atoms with E-state index in [0.717, 1.165) is 31.8 Å². The van der Waals surface area contributed by atoms with E-state index in [1.165, 1.54) is 16.1 Å². The van der Waals surface area contributed by atoms with E-state index in [-0.39, 0.29) is 0 Å². The maximum Gasteiger partial charge on any atom is 0.180 e. The van der Waals surface area contributed by atoms with Crippen LogP contribution in [0.5, 0.6) is 5.75 Å². The Balaban J connectivity index is 1.52. The SMILES string of the molecule is Cc1ccccc1OCCN1CCc2nc(N)sc2C1. The Hall–Kier alpha value is -1.59. The zero-order valence-corrected chi connectivity index (χ0v) is 12.4. The van der Waals surface area contributed by atoms with Crippen LogP contribution in [0.2, 0.25) is 0 Å². The van der Waals surface area contributed by atoms with Crippen LogP contribution >= 0.6 is 11.3 Å². The number of ether oxygens (including phenoxy) is 1. The molecule has 0 fully saturated rings. The van der Waals surface area contributed by atoms with Crippen molar-refractivity contribution < 1.29 is 4.74 Å². The van der Waals surface area contributed by atoms with E-state index >= 15 is 0 Å². The third kappa shape index (κ3) is 2.94. The van der Waals surface area contributed by atoms with Gasteiger partial charge in [0.15, 0.2) is 5.13 Å². The summed E-state index contributed by atoms with van der Waals surface area (Å²) in [6.07, 6.45) is 0.993. The monoisotopic (exact) mass is 289 g/mol. The first kappa shape index (κ1) is 13.4. The molecule has 0 spiro atoms. The number of nitrogen functional groups attached to an aromatic ring is 1. The minimum absolute atomic E-state index is 0.688. The van der Waals surface area contributed by atoms with Crippen LogP contribution in [0.4, 0.5) is 5.13 Å². The van der Waals surface area contributed by atoms with Crippen LogP contribution in [0.3, 0.4) is 0 Å². The van der Waals surface area contributed by atoms with Gasteiger partial charge >= 0.3 is 0 Å². The van der Waals surface area contributed by atoms with Gasteiger partial charge in [0, 0.05) is 30.9 Å². The van der Waals surface area contributed by atoms with Gasteiger partial charge in [-0.15, -0.1) is 11.3 Å². The second kappa shape index (κ2) is 5.81. The Bertz CT molecular complexity index is 597. The molecule has 2 aromatic rings. The normalized spacial score (nSPS) is 15.1. The molecule has 1 aliphatic rings. The largest absolute Gasteiger partial charge is 0.492 e. The highest BCUT2D eigenvalue weighted by molar-refractivity contribution is 7.15. The van der Waals surface area contributed by atoms with Crippen molar-refractivity contribution in [1.29, 1.82) is 0 Å². The molecule has 0 amide bonds. The predicted molar refractivity (Wildman–Crippen MR) is 82.2 cm³/mol. The van der Waals surface area contributed by atoms with Crippen molar-refractivity contribution in [2.24, 2.45) is 0 Å². The van der Waals surface area contributed by atoms with E-state index in [4.69, 9.17) is 10.5 Å². The summed E-state index contributed by atoms with van der Waals surface area (Å²) in [7, 11) is 0. The summed E-state index contributed by atoms with van der Waals surface area (Å²) in [6.45, 7) is 5.71. The van der Waals surface area contributed by atoms with E-state index in [9.17, 15) is 0 Å². The van der Waals surface area contributed by atoms with Crippen LogP contribution < -0.4 is 10.5 Å². The number of fused-ring (bicyclic) bond motifs is 1. The quantitative estimate of drug-likeness (QED) is 0.939. The van der Waals surface area contributed by atoms with Gasteiger partial charge in [-0.05, 0) is 18.6 Å². The van der Waals surface area contributed by atoms with E-state index in [1.54, 1.807) is 11.3 Å². The molecule has 0 radical (unpaired) electrons. The maximum atomic E-state index is 5.85. The number of anilines is 1. The average Bonchev–Trinajstić information content (AvgIpc) is 2.80. The number of nitrogens with two attached hydrogens (primary N) is 1. The van der Waals surface area contributed by atoms with Crippen molar-refractivity contribution in [1.82, 2.24) is 9.88 Å². The van der Waals surface area contributed by atoms with Gasteiger partial charge < -0.3 is 10.5 Å². The summed E-state index contributed by atoms with van der Waals surface area (Å²) in [5.74, 6) is 0.979. The van der Waals surface area contributed by atoms with Gasteiger partial charge in [-0.25, -0.2) is 4.98 Å². The first-order chi connectivity index (χ1) is 9.72. The molecule has 0 unspecified atom stereocenters. The predicted octanol–water partition coefficient (Wildman–Crippen LogP) is 2.47. The second-order valence-electron chi connectivity index (χ2n) is 5.06. The molecule has 0 atom stereocenters. The second-order valence-corrected chi connectivity index (χ2v) is 6.18. The van der Waals surface area contributed by atoms with Crippen LogP contribution in [0.25, 0.3) is 0 Å². The number of hydrogen-bond donors (Lipinski definition) is 1. The highest BCUT2D eigenvalue weighted by atomic mass is 32.1. The highest BCUT2D eigenvalue weighted by Crippen LogP contribution is 2.26. The van der Waals surface area contributed by atoms with E-state index < -0.39 is 0 Å². The number of hydrogen-bond acceptors (Lipinski definition) is 5. The Labute approximate surface area is 123 Å². The Morgan fingerprint density at radius 3 is 3.10 bits per heavy atom. The summed E-state index contributed by atoms with van der Waals surface area (Å²) >= 11 is 1.61.